The molecule has 2 nitrogen and oxygen atoms in total. The fourth-order valence-electron chi connectivity index (χ4n) is 2.87. The van der Waals surface area contributed by atoms with E-state index >= 15 is 0 Å². The van der Waals surface area contributed by atoms with E-state index in [1.165, 1.54) is 32.4 Å². The molecule has 0 saturated carbocycles. The summed E-state index contributed by atoms with van der Waals surface area (Å²) in [5, 5.41) is 0. The second-order valence-electron chi connectivity index (χ2n) is 4.32. The van der Waals surface area contributed by atoms with Gasteiger partial charge in [0.25, 0.3) is 0 Å². The summed E-state index contributed by atoms with van der Waals surface area (Å²) in [6.45, 7) is 9.68. The van der Waals surface area contributed by atoms with Gasteiger partial charge in [0.1, 0.15) is 0 Å². The minimum Gasteiger partial charge on any atom is -0.383 e. The van der Waals surface area contributed by atoms with Crippen molar-refractivity contribution in [1.82, 2.24) is 4.90 Å². The van der Waals surface area contributed by atoms with Gasteiger partial charge in [-0.3, -0.25) is 0 Å². The summed E-state index contributed by atoms with van der Waals surface area (Å²) in [4.78, 5) is 2.60. The van der Waals surface area contributed by atoms with Gasteiger partial charge in [0.15, 0.2) is 0 Å². The first kappa shape index (κ1) is 16.7. The van der Waals surface area contributed by atoms with Crippen LogP contribution in [-0.4, -0.2) is 37.2 Å². The molecular weight excluding hydrogens is 260 g/mol. The van der Waals surface area contributed by atoms with Crippen molar-refractivity contribution in [2.24, 2.45) is 0 Å². The topological polar surface area (TPSA) is 12.5 Å². The molecule has 2 aliphatic rings. The second kappa shape index (κ2) is 7.94. The number of methoxy groups -OCH3 is 1. The van der Waals surface area contributed by atoms with Crippen molar-refractivity contribution < 1.29 is 62.9 Å². The van der Waals surface area contributed by atoms with Crippen LogP contribution in [0.3, 0.4) is 0 Å². The summed E-state index contributed by atoms with van der Waals surface area (Å²) in [6.07, 6.45) is 3.95. The third-order valence-corrected chi connectivity index (χ3v) is 3.25. The van der Waals surface area contributed by atoms with Gasteiger partial charge >= 0.3 is 58.2 Å². The molecule has 0 bridgehead atoms. The zero-order valence-electron chi connectivity index (χ0n) is 11.1. The van der Waals surface area contributed by atoms with Gasteiger partial charge in [0.05, 0.1) is 6.61 Å². The van der Waals surface area contributed by atoms with Gasteiger partial charge < -0.3 is 15.6 Å². The largest absolute Gasteiger partial charge is 1.00 e. The van der Waals surface area contributed by atoms with Crippen LogP contribution < -0.4 is 58.2 Å². The zero-order valence-corrected chi connectivity index (χ0v) is 16.0. The molecule has 0 aromatic rings. The molecule has 0 aromatic carbocycles. The van der Waals surface area contributed by atoms with E-state index in [-0.39, 0.29) is 58.2 Å². The first-order valence-electron chi connectivity index (χ1n) is 5.82. The van der Waals surface area contributed by atoms with Crippen molar-refractivity contribution in [3.05, 3.63) is 5.92 Å². The first-order chi connectivity index (χ1) is 6.77. The van der Waals surface area contributed by atoms with E-state index in [4.69, 9.17) is 4.74 Å². The van der Waals surface area contributed by atoms with Gasteiger partial charge in [-0.05, 0) is 19.4 Å². The van der Waals surface area contributed by atoms with E-state index < -0.39 is 0 Å². The van der Waals surface area contributed by atoms with Crippen molar-refractivity contribution in [2.45, 2.75) is 45.6 Å². The monoisotopic (exact) mass is 283 g/mol. The minimum absolute atomic E-state index is 0. The van der Waals surface area contributed by atoms with Crippen LogP contribution >= 0.6 is 0 Å². The van der Waals surface area contributed by atoms with Crippen molar-refractivity contribution in [3.63, 3.8) is 0 Å². The molecule has 2 rings (SSSR count). The van der Waals surface area contributed by atoms with Crippen LogP contribution in [0.1, 0.15) is 40.0 Å². The van der Waals surface area contributed by atoms with Gasteiger partial charge in [0.2, 0.25) is 0 Å². The molecule has 0 aromatic heterocycles. The molecular formula is C12H24NORb. The molecule has 1 unspecified atom stereocenters. The quantitative estimate of drug-likeness (QED) is 0.634. The minimum atomic E-state index is 0. The van der Waals surface area contributed by atoms with Crippen LogP contribution in [0.25, 0.3) is 0 Å². The molecule has 2 aliphatic heterocycles. The van der Waals surface area contributed by atoms with E-state index in [1.807, 2.05) is 21.0 Å². The van der Waals surface area contributed by atoms with Gasteiger partial charge in [-0.1, -0.05) is 13.8 Å². The van der Waals surface area contributed by atoms with Crippen molar-refractivity contribution in [2.75, 3.05) is 26.8 Å². The summed E-state index contributed by atoms with van der Waals surface area (Å²) in [5.74, 6) is 1.63. The maximum absolute atomic E-state index is 5.32. The first-order valence-corrected chi connectivity index (χ1v) is 5.82. The van der Waals surface area contributed by atoms with Gasteiger partial charge in [-0.25, -0.2) is 0 Å². The number of ether oxygens (including phenoxy) is 1. The summed E-state index contributed by atoms with van der Waals surface area (Å²) in [5.41, 5.74) is 0.402. The molecule has 2 saturated heterocycles. The average Bonchev–Trinajstić information content (AvgIpc) is 2.64. The molecule has 84 valence electrons. The normalized spacial score (nSPS) is 30.4. The van der Waals surface area contributed by atoms with Crippen LogP contribution in [0.5, 0.6) is 0 Å². The Bertz CT molecular complexity index is 177. The Kier molecular flexibility index (Phi) is 8.85. The zero-order chi connectivity index (χ0) is 10.6. The Balaban J connectivity index is 0.000000617. The Morgan fingerprint density at radius 2 is 2.07 bits per heavy atom. The molecule has 0 spiro atoms. The summed E-state index contributed by atoms with van der Waals surface area (Å²) in [7, 11) is 1.82. The van der Waals surface area contributed by atoms with Crippen LogP contribution in [0.4, 0.5) is 0 Å². The smallest absolute Gasteiger partial charge is 0.383 e. The Hall–Kier alpha value is 1.73. The summed E-state index contributed by atoms with van der Waals surface area (Å²) in [6, 6.07) is 0. The van der Waals surface area contributed by atoms with Crippen molar-refractivity contribution in [3.8, 4) is 0 Å². The molecule has 0 N–H and O–H groups in total. The third-order valence-electron chi connectivity index (χ3n) is 3.25. The van der Waals surface area contributed by atoms with E-state index in [9.17, 15) is 0 Å². The predicted molar refractivity (Wildman–Crippen MR) is 60.3 cm³/mol. The number of hydrogen-bond donors (Lipinski definition) is 0. The number of hydrogen-bond acceptors (Lipinski definition) is 2. The molecule has 0 radical (unpaired) electrons. The van der Waals surface area contributed by atoms with E-state index in [0.29, 0.717) is 5.54 Å². The van der Waals surface area contributed by atoms with E-state index in [0.717, 1.165) is 6.61 Å². The SMILES string of the molecule is CC.COCC12CCCN1C[C-](C)C2.[Rb+]. The van der Waals surface area contributed by atoms with Crippen LogP contribution in [0.2, 0.25) is 0 Å². The van der Waals surface area contributed by atoms with Gasteiger partial charge in [0, 0.05) is 12.6 Å². The standard InChI is InChI=1S/C10H18NO.C2H6.Rb/c1-9-6-10(8-12-2)4-3-5-11(10)7-9;1-2;/h3-8H2,1-2H3;1-2H3;/q-1;;+1. The fourth-order valence-corrected chi connectivity index (χ4v) is 2.87. The Labute approximate surface area is 144 Å². The predicted octanol–water partition coefficient (Wildman–Crippen LogP) is -0.504. The molecule has 2 heterocycles. The Morgan fingerprint density at radius 1 is 1.40 bits per heavy atom. The van der Waals surface area contributed by atoms with Gasteiger partial charge in [-0.2, -0.15) is 13.3 Å². The maximum Gasteiger partial charge on any atom is 1.00 e. The molecule has 0 aliphatic carbocycles. The van der Waals surface area contributed by atoms with Crippen molar-refractivity contribution >= 4 is 0 Å². The number of nitrogens with zero attached hydrogens (tertiary/aromatic N) is 1. The fraction of sp³-hybridized carbons (Fsp3) is 0.917. The molecule has 0 amide bonds. The third kappa shape index (κ3) is 3.85. The van der Waals surface area contributed by atoms with Crippen LogP contribution in [0.15, 0.2) is 0 Å². The van der Waals surface area contributed by atoms with Gasteiger partial charge in [-0.15, -0.1) is 6.54 Å². The van der Waals surface area contributed by atoms with E-state index in [2.05, 4.69) is 11.8 Å². The molecule has 3 heteroatoms. The Morgan fingerprint density at radius 3 is 2.67 bits per heavy atom. The van der Waals surface area contributed by atoms with Crippen LogP contribution in [0, 0.1) is 5.92 Å². The summed E-state index contributed by atoms with van der Waals surface area (Å²) < 4.78 is 5.32. The van der Waals surface area contributed by atoms with Crippen molar-refractivity contribution in [1.29, 1.82) is 0 Å². The average molecular weight is 284 g/mol. The maximum atomic E-state index is 5.32. The van der Waals surface area contributed by atoms with E-state index in [1.54, 1.807) is 5.92 Å². The molecule has 1 atom stereocenters. The number of fused-ring (bicyclic) bond motifs is 1. The molecule has 2 fully saturated rings. The second-order valence-corrected chi connectivity index (χ2v) is 4.32. The molecule has 15 heavy (non-hydrogen) atoms. The number of rotatable bonds is 2. The van der Waals surface area contributed by atoms with Crippen LogP contribution in [-0.2, 0) is 4.74 Å². The summed E-state index contributed by atoms with van der Waals surface area (Å²) >= 11 is 0.